The lowest BCUT2D eigenvalue weighted by Gasteiger charge is -2.13. The third-order valence-electron chi connectivity index (χ3n) is 4.04. The molecule has 1 aliphatic heterocycles. The van der Waals surface area contributed by atoms with E-state index in [1.807, 2.05) is 12.1 Å². The minimum atomic E-state index is 0.172. The number of nitrogens with two attached hydrogens (primary N) is 1. The zero-order valence-corrected chi connectivity index (χ0v) is 14.3. The Bertz CT molecular complexity index is 454. The average molecular weight is 321 g/mol. The van der Waals surface area contributed by atoms with Crippen LogP contribution in [0.25, 0.3) is 0 Å². The Morgan fingerprint density at radius 3 is 2.61 bits per heavy atom. The second kappa shape index (κ2) is 10.5. The number of hydrogen-bond acceptors (Lipinski definition) is 5. The molecular formula is C18H31N3O2. The summed E-state index contributed by atoms with van der Waals surface area (Å²) in [5.41, 5.74) is 7.43. The van der Waals surface area contributed by atoms with Crippen LogP contribution < -0.4 is 25.8 Å². The van der Waals surface area contributed by atoms with Crippen molar-refractivity contribution < 1.29 is 9.47 Å². The second-order valence-corrected chi connectivity index (χ2v) is 6.15. The Balaban J connectivity index is 1.51. The summed E-state index contributed by atoms with van der Waals surface area (Å²) < 4.78 is 10.7. The average Bonchev–Trinajstić information content (AvgIpc) is 3.01. The minimum Gasteiger partial charge on any atom is -0.454 e. The van der Waals surface area contributed by atoms with Crippen LogP contribution in [0, 0.1) is 0 Å². The van der Waals surface area contributed by atoms with Crippen LogP contribution in [0.1, 0.15) is 38.2 Å². The zero-order chi connectivity index (χ0) is 16.3. The first-order valence-corrected chi connectivity index (χ1v) is 8.85. The summed E-state index contributed by atoms with van der Waals surface area (Å²) >= 11 is 0. The lowest BCUT2D eigenvalue weighted by Crippen LogP contribution is -2.30. The van der Waals surface area contributed by atoms with E-state index in [-0.39, 0.29) is 6.04 Å². The van der Waals surface area contributed by atoms with Crippen molar-refractivity contribution in [2.75, 3.05) is 33.0 Å². The van der Waals surface area contributed by atoms with E-state index in [1.54, 1.807) is 0 Å². The fourth-order valence-corrected chi connectivity index (χ4v) is 2.65. The zero-order valence-electron chi connectivity index (χ0n) is 14.3. The summed E-state index contributed by atoms with van der Waals surface area (Å²) in [6.45, 7) is 6.79. The number of benzene rings is 1. The number of nitrogens with one attached hydrogen (secondary N) is 2. The Hall–Kier alpha value is -1.30. The van der Waals surface area contributed by atoms with Gasteiger partial charge in [-0.05, 0) is 69.6 Å². The van der Waals surface area contributed by atoms with Crippen molar-refractivity contribution in [3.63, 3.8) is 0 Å². The van der Waals surface area contributed by atoms with Crippen LogP contribution in [0.5, 0.6) is 11.5 Å². The molecule has 5 nitrogen and oxygen atoms in total. The lowest BCUT2D eigenvalue weighted by atomic mass is 10.0. The standard InChI is InChI=1S/C18H31N3O2/c1-2-3-8-20-9-4-10-21-11-7-16(19)12-15-5-6-17-18(13-15)23-14-22-17/h5-6,13,16,20-21H,2-4,7-12,14,19H2,1H3. The molecule has 4 N–H and O–H groups in total. The predicted octanol–water partition coefficient (Wildman–Crippen LogP) is 2.04. The van der Waals surface area contributed by atoms with Gasteiger partial charge < -0.3 is 25.8 Å². The molecule has 23 heavy (non-hydrogen) atoms. The van der Waals surface area contributed by atoms with Crippen LogP contribution in [0.3, 0.4) is 0 Å². The van der Waals surface area contributed by atoms with Gasteiger partial charge in [-0.25, -0.2) is 0 Å². The van der Waals surface area contributed by atoms with E-state index >= 15 is 0 Å². The van der Waals surface area contributed by atoms with E-state index in [9.17, 15) is 0 Å². The van der Waals surface area contributed by atoms with Crippen LogP contribution in [-0.4, -0.2) is 39.0 Å². The molecular weight excluding hydrogens is 290 g/mol. The third kappa shape index (κ3) is 6.77. The van der Waals surface area contributed by atoms with Gasteiger partial charge in [0.1, 0.15) is 0 Å². The van der Waals surface area contributed by atoms with E-state index in [1.165, 1.54) is 24.8 Å². The Morgan fingerprint density at radius 1 is 1.04 bits per heavy atom. The van der Waals surface area contributed by atoms with Crippen molar-refractivity contribution in [3.8, 4) is 11.5 Å². The lowest BCUT2D eigenvalue weighted by molar-refractivity contribution is 0.174. The predicted molar refractivity (Wildman–Crippen MR) is 94.1 cm³/mol. The number of ether oxygens (including phenoxy) is 2. The monoisotopic (exact) mass is 321 g/mol. The van der Waals surface area contributed by atoms with Crippen molar-refractivity contribution in [1.29, 1.82) is 0 Å². The molecule has 5 heteroatoms. The van der Waals surface area contributed by atoms with Gasteiger partial charge in [-0.2, -0.15) is 0 Å². The maximum Gasteiger partial charge on any atom is 0.231 e. The highest BCUT2D eigenvalue weighted by Crippen LogP contribution is 2.32. The summed E-state index contributed by atoms with van der Waals surface area (Å²) in [5.74, 6) is 1.67. The molecule has 130 valence electrons. The van der Waals surface area contributed by atoms with Crippen LogP contribution in [-0.2, 0) is 6.42 Å². The molecule has 2 rings (SSSR count). The van der Waals surface area contributed by atoms with Gasteiger partial charge in [0.25, 0.3) is 0 Å². The van der Waals surface area contributed by atoms with E-state index < -0.39 is 0 Å². The highest BCUT2D eigenvalue weighted by molar-refractivity contribution is 5.44. The first-order chi connectivity index (χ1) is 11.3. The topological polar surface area (TPSA) is 68.5 Å². The molecule has 1 aliphatic rings. The van der Waals surface area contributed by atoms with Crippen molar-refractivity contribution in [2.45, 2.75) is 45.1 Å². The molecule has 1 atom stereocenters. The summed E-state index contributed by atoms with van der Waals surface area (Å²) in [5, 5.41) is 6.92. The van der Waals surface area contributed by atoms with Crippen LogP contribution >= 0.6 is 0 Å². The molecule has 0 bridgehead atoms. The summed E-state index contributed by atoms with van der Waals surface area (Å²) in [7, 11) is 0. The number of fused-ring (bicyclic) bond motifs is 1. The maximum absolute atomic E-state index is 6.22. The van der Waals surface area contributed by atoms with Gasteiger partial charge >= 0.3 is 0 Å². The van der Waals surface area contributed by atoms with E-state index in [2.05, 4.69) is 23.6 Å². The van der Waals surface area contributed by atoms with Crippen LogP contribution in [0.2, 0.25) is 0 Å². The Labute approximate surface area is 139 Å². The second-order valence-electron chi connectivity index (χ2n) is 6.15. The summed E-state index contributed by atoms with van der Waals surface area (Å²) in [4.78, 5) is 0. The van der Waals surface area contributed by atoms with Crippen molar-refractivity contribution in [2.24, 2.45) is 5.73 Å². The Kier molecular flexibility index (Phi) is 8.21. The third-order valence-corrected chi connectivity index (χ3v) is 4.04. The van der Waals surface area contributed by atoms with E-state index in [0.717, 1.165) is 50.5 Å². The summed E-state index contributed by atoms with van der Waals surface area (Å²) in [6.07, 6.45) is 5.55. The highest BCUT2D eigenvalue weighted by atomic mass is 16.7. The fourth-order valence-electron chi connectivity index (χ4n) is 2.65. The first-order valence-electron chi connectivity index (χ1n) is 8.85. The van der Waals surface area contributed by atoms with Crippen molar-refractivity contribution in [3.05, 3.63) is 23.8 Å². The number of unbranched alkanes of at least 4 members (excludes halogenated alkanes) is 1. The van der Waals surface area contributed by atoms with Gasteiger partial charge in [0.15, 0.2) is 11.5 Å². The highest BCUT2D eigenvalue weighted by Gasteiger charge is 2.14. The van der Waals surface area contributed by atoms with Crippen molar-refractivity contribution >= 4 is 0 Å². The van der Waals surface area contributed by atoms with E-state index in [0.29, 0.717) is 6.79 Å². The van der Waals surface area contributed by atoms with Gasteiger partial charge in [-0.3, -0.25) is 0 Å². The minimum absolute atomic E-state index is 0.172. The molecule has 0 saturated heterocycles. The van der Waals surface area contributed by atoms with Crippen LogP contribution in [0.15, 0.2) is 18.2 Å². The molecule has 1 unspecified atom stereocenters. The largest absolute Gasteiger partial charge is 0.454 e. The fraction of sp³-hybridized carbons (Fsp3) is 0.667. The molecule has 1 aromatic rings. The molecule has 0 spiro atoms. The smallest absolute Gasteiger partial charge is 0.231 e. The normalized spacial score (nSPS) is 14.2. The molecule has 0 radical (unpaired) electrons. The van der Waals surface area contributed by atoms with Crippen LogP contribution in [0.4, 0.5) is 0 Å². The number of rotatable bonds is 12. The van der Waals surface area contributed by atoms with Gasteiger partial charge in [0.2, 0.25) is 6.79 Å². The van der Waals surface area contributed by atoms with Gasteiger partial charge in [0.05, 0.1) is 0 Å². The molecule has 1 aromatic carbocycles. The number of hydrogen-bond donors (Lipinski definition) is 3. The van der Waals surface area contributed by atoms with Gasteiger partial charge in [-0.1, -0.05) is 19.4 Å². The SMILES string of the molecule is CCCCNCCCNCCC(N)Cc1ccc2c(c1)OCO2. The maximum atomic E-state index is 6.22. The summed E-state index contributed by atoms with van der Waals surface area (Å²) in [6, 6.07) is 6.25. The molecule has 0 fully saturated rings. The van der Waals surface area contributed by atoms with E-state index in [4.69, 9.17) is 15.2 Å². The molecule has 0 amide bonds. The van der Waals surface area contributed by atoms with Gasteiger partial charge in [0, 0.05) is 6.04 Å². The molecule has 1 heterocycles. The molecule has 0 saturated carbocycles. The molecule has 0 aromatic heterocycles. The molecule has 0 aliphatic carbocycles. The van der Waals surface area contributed by atoms with Gasteiger partial charge in [-0.15, -0.1) is 0 Å². The van der Waals surface area contributed by atoms with Crippen molar-refractivity contribution in [1.82, 2.24) is 10.6 Å². The first kappa shape index (κ1) is 18.0. The Morgan fingerprint density at radius 2 is 1.78 bits per heavy atom. The quantitative estimate of drug-likeness (QED) is 0.514.